The number of nitrogens with two attached hydrogens (primary N) is 2. The van der Waals surface area contributed by atoms with Crippen molar-refractivity contribution in [2.45, 2.75) is 8.42 Å². The molecule has 4 rings (SSSR count). The average Bonchev–Trinajstić information content (AvgIpc) is 3.19. The van der Waals surface area contributed by atoms with E-state index in [-0.39, 0.29) is 11.5 Å². The van der Waals surface area contributed by atoms with Crippen LogP contribution in [0.15, 0.2) is 56.9 Å². The number of rotatable bonds is 4. The molecule has 0 aliphatic heterocycles. The summed E-state index contributed by atoms with van der Waals surface area (Å²) in [6, 6.07) is 13.7. The van der Waals surface area contributed by atoms with Crippen LogP contribution in [0.1, 0.15) is 0 Å². The van der Waals surface area contributed by atoms with Crippen LogP contribution >= 0.6 is 34.4 Å². The number of nitrogen functional groups attached to an aromatic ring is 2. The Kier molecular flexibility index (Phi) is 4.65. The lowest BCUT2D eigenvalue weighted by Gasteiger charge is -2.04. The Morgan fingerprint density at radius 2 is 1.04 bits per heavy atom. The topological polar surface area (TPSA) is 118 Å². The van der Waals surface area contributed by atoms with Crippen molar-refractivity contribution in [2.75, 3.05) is 11.5 Å². The van der Waals surface area contributed by atoms with Gasteiger partial charge in [-0.2, -0.15) is 0 Å². The normalized spacial score (nSPS) is 11.0. The van der Waals surface area contributed by atoms with Gasteiger partial charge in [-0.1, -0.05) is 34.4 Å². The van der Waals surface area contributed by atoms with Crippen molar-refractivity contribution in [3.05, 3.63) is 48.5 Å². The molecular formula is C18H14N4O2S3. The molecule has 0 bridgehead atoms. The average molecular weight is 415 g/mol. The second kappa shape index (κ2) is 7.10. The number of thiazole rings is 2. The quantitative estimate of drug-likeness (QED) is 0.383. The minimum Gasteiger partial charge on any atom is -0.508 e. The zero-order chi connectivity index (χ0) is 19.0. The summed E-state index contributed by atoms with van der Waals surface area (Å²) in [7, 11) is 0. The first-order valence-corrected chi connectivity index (χ1v) is 10.2. The molecule has 6 N–H and O–H groups in total. The fourth-order valence-corrected chi connectivity index (χ4v) is 5.84. The van der Waals surface area contributed by atoms with E-state index >= 15 is 0 Å². The Labute approximate surface area is 167 Å². The molecule has 0 unspecified atom stereocenters. The number of benzene rings is 2. The summed E-state index contributed by atoms with van der Waals surface area (Å²) in [6.07, 6.45) is 0. The van der Waals surface area contributed by atoms with Crippen molar-refractivity contribution in [3.63, 3.8) is 0 Å². The van der Waals surface area contributed by atoms with E-state index in [4.69, 9.17) is 11.5 Å². The molecule has 0 saturated heterocycles. The summed E-state index contributed by atoms with van der Waals surface area (Å²) in [5, 5.41) is 19.9. The van der Waals surface area contributed by atoms with Gasteiger partial charge in [0.1, 0.15) is 11.5 Å². The lowest BCUT2D eigenvalue weighted by molar-refractivity contribution is 0.475. The number of hydrogen-bond acceptors (Lipinski definition) is 9. The van der Waals surface area contributed by atoms with E-state index in [0.717, 1.165) is 30.9 Å². The molecule has 0 aliphatic rings. The van der Waals surface area contributed by atoms with Crippen LogP contribution in [0.2, 0.25) is 0 Å². The Balaban J connectivity index is 1.73. The van der Waals surface area contributed by atoms with Crippen LogP contribution in [0, 0.1) is 0 Å². The molecule has 2 aromatic carbocycles. The molecule has 6 nitrogen and oxygen atoms in total. The maximum atomic E-state index is 9.51. The van der Waals surface area contributed by atoms with Crippen molar-refractivity contribution in [1.29, 1.82) is 0 Å². The molecule has 0 fully saturated rings. The number of anilines is 2. The fourth-order valence-electron chi connectivity index (χ4n) is 2.47. The molecular weight excluding hydrogens is 400 g/mol. The minimum absolute atomic E-state index is 0.195. The fraction of sp³-hybridized carbons (Fsp3) is 0. The van der Waals surface area contributed by atoms with Crippen LogP contribution in [0.25, 0.3) is 22.5 Å². The highest BCUT2D eigenvalue weighted by Crippen LogP contribution is 2.47. The molecule has 2 aromatic heterocycles. The van der Waals surface area contributed by atoms with Crippen LogP contribution in [-0.4, -0.2) is 20.2 Å². The van der Waals surface area contributed by atoms with Crippen LogP contribution in [0.3, 0.4) is 0 Å². The van der Waals surface area contributed by atoms with Gasteiger partial charge in [-0.15, -0.1) is 0 Å². The smallest absolute Gasteiger partial charge is 0.181 e. The Hall–Kier alpha value is -2.75. The third-order valence-electron chi connectivity index (χ3n) is 3.69. The number of aromatic nitrogens is 2. The molecule has 27 heavy (non-hydrogen) atoms. The number of nitrogens with zero attached hydrogens (tertiary/aromatic N) is 2. The zero-order valence-electron chi connectivity index (χ0n) is 13.8. The van der Waals surface area contributed by atoms with E-state index < -0.39 is 0 Å². The highest BCUT2D eigenvalue weighted by Gasteiger charge is 2.19. The molecule has 0 atom stereocenters. The molecule has 136 valence electrons. The largest absolute Gasteiger partial charge is 0.508 e. The Morgan fingerprint density at radius 1 is 0.667 bits per heavy atom. The molecule has 9 heteroatoms. The SMILES string of the molecule is Nc1nc(-c2ccc(O)cc2)c(Sc2sc(N)nc2-c2ccc(O)cc2)s1. The molecule has 0 spiro atoms. The number of hydrogen-bond donors (Lipinski definition) is 4. The van der Waals surface area contributed by atoms with Gasteiger partial charge >= 0.3 is 0 Å². The predicted octanol–water partition coefficient (Wildman–Crippen LogP) is 4.66. The van der Waals surface area contributed by atoms with Crippen molar-refractivity contribution in [1.82, 2.24) is 9.97 Å². The lowest BCUT2D eigenvalue weighted by atomic mass is 10.2. The van der Waals surface area contributed by atoms with E-state index in [2.05, 4.69) is 9.97 Å². The van der Waals surface area contributed by atoms with Crippen LogP contribution < -0.4 is 11.5 Å². The van der Waals surface area contributed by atoms with Gasteiger partial charge in [-0.25, -0.2) is 9.97 Å². The first-order valence-electron chi connectivity index (χ1n) is 7.79. The van der Waals surface area contributed by atoms with Crippen molar-refractivity contribution in [3.8, 4) is 34.0 Å². The van der Waals surface area contributed by atoms with Gasteiger partial charge in [0.2, 0.25) is 0 Å². The number of phenolic OH excluding ortho intramolecular Hbond substituents is 2. The summed E-state index contributed by atoms with van der Waals surface area (Å²) in [6.45, 7) is 0. The zero-order valence-corrected chi connectivity index (χ0v) is 16.2. The Bertz CT molecular complexity index is 1000. The number of aromatic hydroxyl groups is 2. The van der Waals surface area contributed by atoms with Crippen molar-refractivity contribution < 1.29 is 10.2 Å². The van der Waals surface area contributed by atoms with Crippen molar-refractivity contribution in [2.24, 2.45) is 0 Å². The van der Waals surface area contributed by atoms with Gasteiger partial charge in [0.25, 0.3) is 0 Å². The first-order chi connectivity index (χ1) is 13.0. The maximum absolute atomic E-state index is 9.51. The van der Waals surface area contributed by atoms with Crippen LogP contribution in [0.4, 0.5) is 10.3 Å². The highest BCUT2D eigenvalue weighted by molar-refractivity contribution is 8.03. The number of phenols is 2. The van der Waals surface area contributed by atoms with Gasteiger partial charge in [-0.3, -0.25) is 0 Å². The summed E-state index contributed by atoms with van der Waals surface area (Å²) in [5.74, 6) is 0.391. The summed E-state index contributed by atoms with van der Waals surface area (Å²) >= 11 is 4.29. The molecule has 4 aromatic rings. The molecule has 0 saturated carbocycles. The summed E-state index contributed by atoms with van der Waals surface area (Å²) in [5.41, 5.74) is 15.1. The van der Waals surface area contributed by atoms with Gasteiger partial charge in [0, 0.05) is 11.1 Å². The molecule has 2 heterocycles. The third-order valence-corrected chi connectivity index (χ3v) is 6.81. The van der Waals surface area contributed by atoms with Crippen molar-refractivity contribution >= 4 is 44.7 Å². The van der Waals surface area contributed by atoms with Gasteiger partial charge in [0.05, 0.1) is 19.8 Å². The standard InChI is InChI=1S/C18H14N4O2S3/c19-17-21-13(9-1-5-11(23)6-2-9)15(26-17)25-16-14(22-18(20)27-16)10-3-7-12(24)8-4-10/h1-8,23-24H,(H2,19,21)(H2,20,22). The summed E-state index contributed by atoms with van der Waals surface area (Å²) < 4.78 is 1.84. The van der Waals surface area contributed by atoms with Gasteiger partial charge in [0.15, 0.2) is 10.3 Å². The van der Waals surface area contributed by atoms with Gasteiger partial charge in [-0.05, 0) is 48.5 Å². The molecule has 0 aliphatic carbocycles. The van der Waals surface area contributed by atoms with E-state index in [9.17, 15) is 10.2 Å². The monoisotopic (exact) mass is 414 g/mol. The predicted molar refractivity (Wildman–Crippen MR) is 111 cm³/mol. The van der Waals surface area contributed by atoms with E-state index in [1.807, 2.05) is 0 Å². The second-order valence-corrected chi connectivity index (χ2v) is 9.17. The van der Waals surface area contributed by atoms with E-state index in [1.54, 1.807) is 48.5 Å². The van der Waals surface area contributed by atoms with Gasteiger partial charge < -0.3 is 21.7 Å². The minimum atomic E-state index is 0.195. The highest BCUT2D eigenvalue weighted by atomic mass is 32.2. The summed E-state index contributed by atoms with van der Waals surface area (Å²) in [4.78, 5) is 8.88. The molecule has 0 amide bonds. The molecule has 0 radical (unpaired) electrons. The Morgan fingerprint density at radius 3 is 1.41 bits per heavy atom. The lowest BCUT2D eigenvalue weighted by Crippen LogP contribution is -1.84. The maximum Gasteiger partial charge on any atom is 0.181 e. The van der Waals surface area contributed by atoms with Crippen LogP contribution in [0.5, 0.6) is 11.5 Å². The van der Waals surface area contributed by atoms with E-state index in [0.29, 0.717) is 10.3 Å². The second-order valence-electron chi connectivity index (χ2n) is 5.57. The van der Waals surface area contributed by atoms with Crippen LogP contribution in [-0.2, 0) is 0 Å². The first kappa shape index (κ1) is 17.7. The third kappa shape index (κ3) is 3.70. The van der Waals surface area contributed by atoms with E-state index in [1.165, 1.54) is 34.4 Å².